The summed E-state index contributed by atoms with van der Waals surface area (Å²) in [4.78, 5) is 23.7. The third-order valence-electron chi connectivity index (χ3n) is 2.97. The summed E-state index contributed by atoms with van der Waals surface area (Å²) >= 11 is 1.56. The molecule has 0 bridgehead atoms. The highest BCUT2D eigenvalue weighted by atomic mass is 32.1. The second-order valence-electron chi connectivity index (χ2n) is 5.74. The highest BCUT2D eigenvalue weighted by molar-refractivity contribution is 7.10. The lowest BCUT2D eigenvalue weighted by Crippen LogP contribution is -2.18. The zero-order chi connectivity index (χ0) is 14.9. The molecule has 2 aromatic heterocycles. The van der Waals surface area contributed by atoms with Crippen LogP contribution in [0.2, 0.25) is 0 Å². The van der Waals surface area contributed by atoms with Gasteiger partial charge < -0.3 is 10.1 Å². The van der Waals surface area contributed by atoms with Crippen molar-refractivity contribution in [2.45, 2.75) is 39.5 Å². The number of H-pyrrole nitrogens is 1. The number of nitrogens with zero attached hydrogens (tertiary/aromatic N) is 2. The minimum atomic E-state index is -0.202. The van der Waals surface area contributed by atoms with E-state index in [1.807, 2.05) is 5.38 Å². The number of aromatic amines is 1. The van der Waals surface area contributed by atoms with Crippen molar-refractivity contribution in [3.05, 3.63) is 32.0 Å². The van der Waals surface area contributed by atoms with Crippen molar-refractivity contribution in [1.82, 2.24) is 15.0 Å². The van der Waals surface area contributed by atoms with Crippen LogP contribution in [0.5, 0.6) is 0 Å². The maximum absolute atomic E-state index is 12.0. The molecule has 0 amide bonds. The summed E-state index contributed by atoms with van der Waals surface area (Å²) in [6.45, 7) is 8.01. The van der Waals surface area contributed by atoms with E-state index in [1.54, 1.807) is 18.3 Å². The standard InChI is InChI=1S/C14H19N3O2S/c1-8-9(5-6-18)12(19)17-11(15-8)10-7-20-13(16-10)14(2,3)4/h7,18H,5-6H2,1-4H3,(H,15,17,19). The molecular formula is C14H19N3O2S. The topological polar surface area (TPSA) is 78.9 Å². The highest BCUT2D eigenvalue weighted by Gasteiger charge is 2.19. The summed E-state index contributed by atoms with van der Waals surface area (Å²) in [6, 6.07) is 0. The first-order valence-electron chi connectivity index (χ1n) is 6.50. The van der Waals surface area contributed by atoms with Crippen molar-refractivity contribution in [3.63, 3.8) is 0 Å². The molecule has 0 saturated carbocycles. The molecule has 5 nitrogen and oxygen atoms in total. The van der Waals surface area contributed by atoms with Gasteiger partial charge in [-0.3, -0.25) is 4.79 Å². The van der Waals surface area contributed by atoms with E-state index >= 15 is 0 Å². The van der Waals surface area contributed by atoms with Crippen molar-refractivity contribution in [2.24, 2.45) is 0 Å². The molecule has 2 aromatic rings. The Bertz CT molecular complexity index is 668. The van der Waals surface area contributed by atoms with Gasteiger partial charge in [0.05, 0.1) is 5.01 Å². The van der Waals surface area contributed by atoms with Gasteiger partial charge in [-0.25, -0.2) is 9.97 Å². The van der Waals surface area contributed by atoms with Gasteiger partial charge in [-0.15, -0.1) is 11.3 Å². The maximum atomic E-state index is 12.0. The van der Waals surface area contributed by atoms with Gasteiger partial charge in [-0.1, -0.05) is 20.8 Å². The van der Waals surface area contributed by atoms with Crippen LogP contribution in [0.25, 0.3) is 11.5 Å². The van der Waals surface area contributed by atoms with E-state index in [9.17, 15) is 4.79 Å². The molecule has 0 aliphatic carbocycles. The Kier molecular flexibility index (Phi) is 4.06. The average Bonchev–Trinajstić information content (AvgIpc) is 2.82. The van der Waals surface area contributed by atoms with Crippen LogP contribution >= 0.6 is 11.3 Å². The predicted molar refractivity (Wildman–Crippen MR) is 80.2 cm³/mol. The fourth-order valence-electron chi connectivity index (χ4n) is 1.86. The van der Waals surface area contributed by atoms with Crippen LogP contribution in [0.3, 0.4) is 0 Å². The fraction of sp³-hybridized carbons (Fsp3) is 0.500. The van der Waals surface area contributed by atoms with Gasteiger partial charge in [0.15, 0.2) is 5.82 Å². The zero-order valence-corrected chi connectivity index (χ0v) is 13.0. The Morgan fingerprint density at radius 3 is 2.55 bits per heavy atom. The van der Waals surface area contributed by atoms with E-state index in [0.717, 1.165) is 5.01 Å². The number of hydrogen-bond donors (Lipinski definition) is 2. The smallest absolute Gasteiger partial charge is 0.254 e. The van der Waals surface area contributed by atoms with E-state index < -0.39 is 0 Å². The van der Waals surface area contributed by atoms with Gasteiger partial charge in [0, 0.05) is 35.1 Å². The van der Waals surface area contributed by atoms with Gasteiger partial charge in [-0.2, -0.15) is 0 Å². The summed E-state index contributed by atoms with van der Waals surface area (Å²) in [5, 5.41) is 11.9. The summed E-state index contributed by atoms with van der Waals surface area (Å²) < 4.78 is 0. The second-order valence-corrected chi connectivity index (χ2v) is 6.60. The molecule has 0 aliphatic rings. The molecule has 2 N–H and O–H groups in total. The number of nitrogens with one attached hydrogen (secondary N) is 1. The molecule has 2 rings (SSSR count). The van der Waals surface area contributed by atoms with Crippen LogP contribution in [-0.2, 0) is 11.8 Å². The second kappa shape index (κ2) is 5.46. The lowest BCUT2D eigenvalue weighted by molar-refractivity contribution is 0.298. The van der Waals surface area contributed by atoms with Crippen LogP contribution in [0, 0.1) is 6.92 Å². The first-order valence-corrected chi connectivity index (χ1v) is 7.38. The van der Waals surface area contributed by atoms with E-state index in [4.69, 9.17) is 5.11 Å². The van der Waals surface area contributed by atoms with Crippen molar-refractivity contribution in [1.29, 1.82) is 0 Å². The van der Waals surface area contributed by atoms with Crippen LogP contribution < -0.4 is 5.56 Å². The number of hydrogen-bond acceptors (Lipinski definition) is 5. The minimum absolute atomic E-state index is 0.0188. The SMILES string of the molecule is Cc1nc(-c2csc(C(C)(C)C)n2)[nH]c(=O)c1CCO. The summed E-state index contributed by atoms with van der Waals surface area (Å²) in [5.41, 5.74) is 1.64. The third-order valence-corrected chi connectivity index (χ3v) is 4.24. The number of aliphatic hydroxyl groups excluding tert-OH is 1. The lowest BCUT2D eigenvalue weighted by Gasteiger charge is -2.13. The van der Waals surface area contributed by atoms with Crippen molar-refractivity contribution >= 4 is 11.3 Å². The number of aromatic nitrogens is 3. The largest absolute Gasteiger partial charge is 0.396 e. The Hall–Kier alpha value is -1.53. The molecule has 0 fully saturated rings. The molecule has 0 unspecified atom stereocenters. The van der Waals surface area contributed by atoms with E-state index in [1.165, 1.54) is 0 Å². The predicted octanol–water partition coefficient (Wildman–Crippen LogP) is 2.03. The summed E-state index contributed by atoms with van der Waals surface area (Å²) in [5.74, 6) is 0.487. The van der Waals surface area contributed by atoms with Crippen molar-refractivity contribution in [2.75, 3.05) is 6.61 Å². The van der Waals surface area contributed by atoms with E-state index in [-0.39, 0.29) is 17.6 Å². The van der Waals surface area contributed by atoms with Crippen LogP contribution in [0.4, 0.5) is 0 Å². The molecule has 6 heteroatoms. The molecule has 20 heavy (non-hydrogen) atoms. The van der Waals surface area contributed by atoms with Gasteiger partial charge >= 0.3 is 0 Å². The molecule has 108 valence electrons. The Morgan fingerprint density at radius 1 is 1.35 bits per heavy atom. The van der Waals surface area contributed by atoms with Crippen LogP contribution in [-0.4, -0.2) is 26.7 Å². The number of rotatable bonds is 3. The zero-order valence-electron chi connectivity index (χ0n) is 12.1. The van der Waals surface area contributed by atoms with Gasteiger partial charge in [-0.05, 0) is 6.92 Å². The molecule has 2 heterocycles. The lowest BCUT2D eigenvalue weighted by atomic mass is 9.98. The van der Waals surface area contributed by atoms with E-state index in [2.05, 4.69) is 35.7 Å². The van der Waals surface area contributed by atoms with Crippen LogP contribution in [0.15, 0.2) is 10.2 Å². The fourth-order valence-corrected chi connectivity index (χ4v) is 2.76. The molecule has 0 atom stereocenters. The number of thiazole rings is 1. The van der Waals surface area contributed by atoms with Crippen molar-refractivity contribution in [3.8, 4) is 11.5 Å². The third kappa shape index (κ3) is 2.96. The normalized spacial score (nSPS) is 11.8. The Morgan fingerprint density at radius 2 is 2.05 bits per heavy atom. The maximum Gasteiger partial charge on any atom is 0.254 e. The Labute approximate surface area is 121 Å². The number of aryl methyl sites for hydroxylation is 1. The molecular weight excluding hydrogens is 274 g/mol. The summed E-state index contributed by atoms with van der Waals surface area (Å²) in [6.07, 6.45) is 0.318. The molecule has 0 saturated heterocycles. The van der Waals surface area contributed by atoms with E-state index in [0.29, 0.717) is 29.2 Å². The first kappa shape index (κ1) is 14.9. The molecule has 0 spiro atoms. The molecule has 0 aromatic carbocycles. The van der Waals surface area contributed by atoms with Gasteiger partial charge in [0.1, 0.15) is 5.69 Å². The Balaban J connectivity index is 2.44. The number of aliphatic hydroxyl groups is 1. The molecule has 0 aliphatic heterocycles. The van der Waals surface area contributed by atoms with Gasteiger partial charge in [0.2, 0.25) is 0 Å². The average molecular weight is 293 g/mol. The quantitative estimate of drug-likeness (QED) is 0.907. The molecule has 0 radical (unpaired) electrons. The van der Waals surface area contributed by atoms with Crippen LogP contribution in [0.1, 0.15) is 37.0 Å². The van der Waals surface area contributed by atoms with Gasteiger partial charge in [0.25, 0.3) is 5.56 Å². The first-order chi connectivity index (χ1) is 9.32. The highest BCUT2D eigenvalue weighted by Crippen LogP contribution is 2.28. The monoisotopic (exact) mass is 293 g/mol. The summed E-state index contributed by atoms with van der Waals surface area (Å²) in [7, 11) is 0. The van der Waals surface area contributed by atoms with Crippen molar-refractivity contribution < 1.29 is 5.11 Å². The minimum Gasteiger partial charge on any atom is -0.396 e.